The first kappa shape index (κ1) is 15.4. The minimum Gasteiger partial charge on any atom is -0.481 e. The minimum absolute atomic E-state index is 0.212. The number of carboxylic acids is 2. The second-order valence-electron chi connectivity index (χ2n) is 6.11. The van der Waals surface area contributed by atoms with Gasteiger partial charge in [-0.05, 0) is 38.8 Å². The molecule has 2 heterocycles. The van der Waals surface area contributed by atoms with Gasteiger partial charge in [-0.2, -0.15) is 0 Å². The molecule has 0 radical (unpaired) electrons. The molecule has 1 aliphatic heterocycles. The van der Waals surface area contributed by atoms with E-state index in [1.807, 2.05) is 0 Å². The number of hydrogen-bond acceptors (Lipinski definition) is 5. The second kappa shape index (κ2) is 6.34. The Hall–Kier alpha value is -1.47. The number of carbonyl (C=O) groups is 2. The summed E-state index contributed by atoms with van der Waals surface area (Å²) in [6.07, 6.45) is 4.23. The fraction of sp³-hybridized carbons (Fsp3) is 0.667. The van der Waals surface area contributed by atoms with E-state index >= 15 is 0 Å². The summed E-state index contributed by atoms with van der Waals surface area (Å²) in [5.74, 6) is -1.42. The van der Waals surface area contributed by atoms with Gasteiger partial charge >= 0.3 is 11.9 Å². The van der Waals surface area contributed by atoms with E-state index in [0.29, 0.717) is 23.6 Å². The van der Waals surface area contributed by atoms with Gasteiger partial charge < -0.3 is 15.1 Å². The van der Waals surface area contributed by atoms with Crippen LogP contribution in [0.2, 0.25) is 0 Å². The van der Waals surface area contributed by atoms with Crippen LogP contribution < -0.4 is 0 Å². The lowest BCUT2D eigenvalue weighted by Crippen LogP contribution is -2.37. The maximum Gasteiger partial charge on any atom is 0.347 e. The third-order valence-corrected chi connectivity index (χ3v) is 5.55. The molecule has 0 atom stereocenters. The van der Waals surface area contributed by atoms with Gasteiger partial charge in [0, 0.05) is 18.9 Å². The van der Waals surface area contributed by atoms with Crippen molar-refractivity contribution in [3.05, 3.63) is 15.6 Å². The molecule has 0 spiro atoms. The van der Waals surface area contributed by atoms with Crippen molar-refractivity contribution in [3.63, 3.8) is 0 Å². The average molecular weight is 324 g/mol. The van der Waals surface area contributed by atoms with Crippen LogP contribution in [0.3, 0.4) is 0 Å². The van der Waals surface area contributed by atoms with Crippen molar-refractivity contribution >= 4 is 23.3 Å². The molecule has 1 aromatic heterocycles. The molecule has 2 aliphatic rings. The first-order valence-corrected chi connectivity index (χ1v) is 8.54. The number of aromatic nitrogens is 1. The van der Waals surface area contributed by atoms with Gasteiger partial charge in [0.1, 0.15) is 4.88 Å². The monoisotopic (exact) mass is 324 g/mol. The third kappa shape index (κ3) is 3.47. The van der Waals surface area contributed by atoms with Crippen molar-refractivity contribution in [2.24, 2.45) is 5.92 Å². The smallest absolute Gasteiger partial charge is 0.347 e. The van der Waals surface area contributed by atoms with E-state index in [1.54, 1.807) is 0 Å². The number of nitrogens with zero attached hydrogens (tertiary/aromatic N) is 2. The molecule has 7 heteroatoms. The van der Waals surface area contributed by atoms with Crippen molar-refractivity contribution in [1.82, 2.24) is 9.88 Å². The zero-order valence-electron chi connectivity index (χ0n) is 12.3. The summed E-state index contributed by atoms with van der Waals surface area (Å²) in [5.41, 5.74) is 0.775. The van der Waals surface area contributed by atoms with Crippen LogP contribution >= 0.6 is 11.3 Å². The zero-order valence-corrected chi connectivity index (χ0v) is 13.1. The average Bonchev–Trinajstić information content (AvgIpc) is 3.25. The molecule has 0 unspecified atom stereocenters. The molecule has 1 saturated heterocycles. The highest BCUT2D eigenvalue weighted by molar-refractivity contribution is 7.13. The summed E-state index contributed by atoms with van der Waals surface area (Å²) in [4.78, 5) is 29.4. The van der Waals surface area contributed by atoms with Gasteiger partial charge in [-0.25, -0.2) is 9.78 Å². The number of likely N-dealkylation sites (tertiary alicyclic amines) is 1. The van der Waals surface area contributed by atoms with E-state index in [9.17, 15) is 14.7 Å². The van der Waals surface area contributed by atoms with Crippen LogP contribution in [-0.4, -0.2) is 51.7 Å². The Balaban J connectivity index is 1.55. The van der Waals surface area contributed by atoms with Crippen LogP contribution in [0.1, 0.15) is 52.0 Å². The van der Waals surface area contributed by atoms with Crippen LogP contribution in [0.5, 0.6) is 0 Å². The highest BCUT2D eigenvalue weighted by atomic mass is 32.1. The molecule has 1 aromatic rings. The van der Waals surface area contributed by atoms with Gasteiger partial charge in [-0.15, -0.1) is 11.3 Å². The van der Waals surface area contributed by atoms with Gasteiger partial charge in [-0.3, -0.25) is 4.79 Å². The van der Waals surface area contributed by atoms with E-state index < -0.39 is 11.9 Å². The van der Waals surface area contributed by atoms with Gasteiger partial charge in [0.25, 0.3) is 0 Å². The number of aromatic carboxylic acids is 1. The summed E-state index contributed by atoms with van der Waals surface area (Å²) < 4.78 is 0. The maximum absolute atomic E-state index is 11.3. The summed E-state index contributed by atoms with van der Waals surface area (Å²) >= 11 is 1.30. The lowest BCUT2D eigenvalue weighted by Gasteiger charge is -2.29. The van der Waals surface area contributed by atoms with Gasteiger partial charge in [-0.1, -0.05) is 0 Å². The number of hydrogen-bond donors (Lipinski definition) is 2. The number of rotatable bonds is 6. The van der Waals surface area contributed by atoms with Gasteiger partial charge in [0.15, 0.2) is 0 Å². The van der Waals surface area contributed by atoms with Crippen molar-refractivity contribution in [1.29, 1.82) is 0 Å². The van der Waals surface area contributed by atoms with Crippen LogP contribution in [0.4, 0.5) is 0 Å². The lowest BCUT2D eigenvalue weighted by molar-refractivity contribution is -0.143. The van der Waals surface area contributed by atoms with E-state index in [2.05, 4.69) is 9.88 Å². The maximum atomic E-state index is 11.3. The van der Waals surface area contributed by atoms with E-state index in [0.717, 1.165) is 49.6 Å². The standard InChI is InChI=1S/C15H20N2O4S/c18-14(19)10-3-6-17(7-4-10)8-5-11-16-12(9-1-2-9)13(22-11)15(20)21/h9-10H,1-8H2,(H,18,19)(H,20,21). The molecule has 0 aromatic carbocycles. The zero-order chi connectivity index (χ0) is 15.7. The first-order valence-electron chi connectivity index (χ1n) is 7.72. The second-order valence-corrected chi connectivity index (χ2v) is 7.19. The fourth-order valence-electron chi connectivity index (χ4n) is 2.93. The van der Waals surface area contributed by atoms with E-state index in [-0.39, 0.29) is 5.92 Å². The Morgan fingerprint density at radius 3 is 2.41 bits per heavy atom. The van der Waals surface area contributed by atoms with Crippen LogP contribution in [-0.2, 0) is 11.2 Å². The lowest BCUT2D eigenvalue weighted by atomic mass is 9.97. The summed E-state index contributed by atoms with van der Waals surface area (Å²) in [6, 6.07) is 0. The number of thiazole rings is 1. The molecule has 6 nitrogen and oxygen atoms in total. The van der Waals surface area contributed by atoms with Crippen LogP contribution in [0.15, 0.2) is 0 Å². The van der Waals surface area contributed by atoms with Crippen molar-refractivity contribution in [3.8, 4) is 0 Å². The SMILES string of the molecule is O=C(O)c1sc(CCN2CCC(C(=O)O)CC2)nc1C1CC1. The van der Waals surface area contributed by atoms with Crippen molar-refractivity contribution in [2.45, 2.75) is 38.0 Å². The highest BCUT2D eigenvalue weighted by Gasteiger charge is 2.32. The highest BCUT2D eigenvalue weighted by Crippen LogP contribution is 2.42. The predicted molar refractivity (Wildman–Crippen MR) is 81.6 cm³/mol. The molecule has 0 amide bonds. The Bertz CT molecular complexity index is 574. The van der Waals surface area contributed by atoms with E-state index in [4.69, 9.17) is 5.11 Å². The summed E-state index contributed by atoms with van der Waals surface area (Å²) in [7, 11) is 0. The molecule has 1 saturated carbocycles. The molecule has 0 bridgehead atoms. The molecule has 3 rings (SSSR count). The Kier molecular flexibility index (Phi) is 4.44. The number of carboxylic acid groups (broad SMARTS) is 2. The molecule has 2 N–H and O–H groups in total. The van der Waals surface area contributed by atoms with E-state index in [1.165, 1.54) is 11.3 Å². The van der Waals surface area contributed by atoms with Crippen molar-refractivity contribution < 1.29 is 19.8 Å². The Morgan fingerprint density at radius 1 is 1.18 bits per heavy atom. The Labute approximate surface area is 132 Å². The normalized spacial score (nSPS) is 20.2. The van der Waals surface area contributed by atoms with Gasteiger partial charge in [0.2, 0.25) is 0 Å². The molecule has 2 fully saturated rings. The summed E-state index contributed by atoms with van der Waals surface area (Å²) in [5, 5.41) is 19.1. The number of aliphatic carboxylic acids is 1. The van der Waals surface area contributed by atoms with Crippen LogP contribution in [0.25, 0.3) is 0 Å². The third-order valence-electron chi connectivity index (χ3n) is 4.43. The minimum atomic E-state index is -0.868. The largest absolute Gasteiger partial charge is 0.481 e. The first-order chi connectivity index (χ1) is 10.5. The topological polar surface area (TPSA) is 90.7 Å². The molecular formula is C15H20N2O4S. The molecule has 22 heavy (non-hydrogen) atoms. The molecule has 120 valence electrons. The Morgan fingerprint density at radius 2 is 1.86 bits per heavy atom. The van der Waals surface area contributed by atoms with Crippen LogP contribution in [0, 0.1) is 5.92 Å². The fourth-order valence-corrected chi connectivity index (χ4v) is 3.91. The molecule has 1 aliphatic carbocycles. The number of piperidine rings is 1. The van der Waals surface area contributed by atoms with Gasteiger partial charge in [0.05, 0.1) is 16.6 Å². The quantitative estimate of drug-likeness (QED) is 0.832. The van der Waals surface area contributed by atoms with Crippen molar-refractivity contribution in [2.75, 3.05) is 19.6 Å². The molecular weight excluding hydrogens is 304 g/mol. The predicted octanol–water partition coefficient (Wildman–Crippen LogP) is 2.06. The summed E-state index contributed by atoms with van der Waals surface area (Å²) in [6.45, 7) is 2.41.